The number of hydrogen-bond acceptors (Lipinski definition) is 2. The van der Waals surface area contributed by atoms with Crippen molar-refractivity contribution in [1.82, 2.24) is 5.32 Å². The van der Waals surface area contributed by atoms with Gasteiger partial charge < -0.3 is 11.1 Å². The molecule has 0 saturated heterocycles. The molecule has 0 saturated carbocycles. The van der Waals surface area contributed by atoms with E-state index in [9.17, 15) is 4.79 Å². The van der Waals surface area contributed by atoms with Gasteiger partial charge >= 0.3 is 0 Å². The van der Waals surface area contributed by atoms with Crippen LogP contribution in [-0.4, -0.2) is 13.0 Å². The molecule has 0 bridgehead atoms. The molecule has 2 rings (SSSR count). The van der Waals surface area contributed by atoms with E-state index in [0.717, 1.165) is 11.1 Å². The van der Waals surface area contributed by atoms with Crippen molar-refractivity contribution in [2.24, 2.45) is 0 Å². The van der Waals surface area contributed by atoms with E-state index in [4.69, 9.17) is 5.73 Å². The van der Waals surface area contributed by atoms with Crippen molar-refractivity contribution in [2.45, 2.75) is 0 Å². The maximum absolute atomic E-state index is 11.6. The number of amides is 1. The first kappa shape index (κ1) is 11.2. The number of nitrogens with two attached hydrogens (primary N) is 1. The Morgan fingerprint density at radius 1 is 1.06 bits per heavy atom. The topological polar surface area (TPSA) is 55.1 Å². The van der Waals surface area contributed by atoms with Crippen molar-refractivity contribution < 1.29 is 4.79 Å². The zero-order chi connectivity index (χ0) is 12.3. The first-order valence-electron chi connectivity index (χ1n) is 5.39. The van der Waals surface area contributed by atoms with E-state index in [1.165, 1.54) is 0 Å². The molecule has 0 spiro atoms. The molecule has 0 aliphatic heterocycles. The summed E-state index contributed by atoms with van der Waals surface area (Å²) in [6.45, 7) is 0. The molecule has 86 valence electrons. The molecule has 2 aromatic rings. The molecule has 0 aliphatic rings. The third-order valence-corrected chi connectivity index (χ3v) is 2.55. The number of hydrogen-bond donors (Lipinski definition) is 2. The fourth-order valence-corrected chi connectivity index (χ4v) is 1.72. The highest BCUT2D eigenvalue weighted by Gasteiger charge is 2.06. The fourth-order valence-electron chi connectivity index (χ4n) is 1.72. The van der Waals surface area contributed by atoms with Crippen molar-refractivity contribution in [3.8, 4) is 11.1 Å². The smallest absolute Gasteiger partial charge is 0.251 e. The minimum Gasteiger partial charge on any atom is -0.399 e. The Hall–Kier alpha value is -2.29. The van der Waals surface area contributed by atoms with Crippen molar-refractivity contribution >= 4 is 11.6 Å². The summed E-state index contributed by atoms with van der Waals surface area (Å²) < 4.78 is 0. The lowest BCUT2D eigenvalue weighted by molar-refractivity contribution is 0.0963. The Labute approximate surface area is 100 Å². The Morgan fingerprint density at radius 2 is 1.76 bits per heavy atom. The molecule has 0 aliphatic carbocycles. The van der Waals surface area contributed by atoms with E-state index in [0.29, 0.717) is 11.3 Å². The summed E-state index contributed by atoms with van der Waals surface area (Å²) in [6.07, 6.45) is 0. The van der Waals surface area contributed by atoms with Crippen LogP contribution in [0.15, 0.2) is 48.5 Å². The van der Waals surface area contributed by atoms with Crippen molar-refractivity contribution in [3.05, 3.63) is 54.1 Å². The molecular weight excluding hydrogens is 212 g/mol. The van der Waals surface area contributed by atoms with Crippen LogP contribution in [0.1, 0.15) is 10.4 Å². The van der Waals surface area contributed by atoms with Crippen LogP contribution in [-0.2, 0) is 0 Å². The highest BCUT2D eigenvalue weighted by Crippen LogP contribution is 2.23. The summed E-state index contributed by atoms with van der Waals surface area (Å²) >= 11 is 0. The number of carbonyl (C=O) groups is 1. The van der Waals surface area contributed by atoms with Gasteiger partial charge in [-0.3, -0.25) is 4.79 Å². The zero-order valence-corrected chi connectivity index (χ0v) is 9.60. The molecular formula is C14H14N2O. The summed E-state index contributed by atoms with van der Waals surface area (Å²) in [6, 6.07) is 15.2. The predicted octanol–water partition coefficient (Wildman–Crippen LogP) is 2.30. The van der Waals surface area contributed by atoms with Gasteiger partial charge in [-0.15, -0.1) is 0 Å². The highest BCUT2D eigenvalue weighted by molar-refractivity contribution is 5.96. The molecule has 3 nitrogen and oxygen atoms in total. The Balaban J connectivity index is 2.49. The normalized spacial score (nSPS) is 9.94. The predicted molar refractivity (Wildman–Crippen MR) is 69.7 cm³/mol. The Morgan fingerprint density at radius 3 is 2.41 bits per heavy atom. The molecule has 0 fully saturated rings. The SMILES string of the molecule is CNC(=O)c1cc(N)cc(-c2ccccc2)c1. The van der Waals surface area contributed by atoms with E-state index in [-0.39, 0.29) is 5.91 Å². The first-order chi connectivity index (χ1) is 8.20. The van der Waals surface area contributed by atoms with Crippen LogP contribution in [0.3, 0.4) is 0 Å². The number of nitrogen functional groups attached to an aromatic ring is 1. The lowest BCUT2D eigenvalue weighted by Gasteiger charge is -2.06. The van der Waals surface area contributed by atoms with Crippen molar-refractivity contribution in [1.29, 1.82) is 0 Å². The molecule has 0 aromatic heterocycles. The molecule has 2 aromatic carbocycles. The quantitative estimate of drug-likeness (QED) is 0.772. The number of rotatable bonds is 2. The number of carbonyl (C=O) groups excluding carboxylic acids is 1. The maximum atomic E-state index is 11.6. The van der Waals surface area contributed by atoms with Gasteiger partial charge in [-0.05, 0) is 29.3 Å². The van der Waals surface area contributed by atoms with Gasteiger partial charge in [0, 0.05) is 18.3 Å². The average Bonchev–Trinajstić information content (AvgIpc) is 2.38. The van der Waals surface area contributed by atoms with Crippen LogP contribution < -0.4 is 11.1 Å². The molecule has 0 heterocycles. The lowest BCUT2D eigenvalue weighted by atomic mass is 10.0. The van der Waals surface area contributed by atoms with Crippen LogP contribution in [0.25, 0.3) is 11.1 Å². The molecule has 3 heteroatoms. The third kappa shape index (κ3) is 2.45. The minimum absolute atomic E-state index is 0.130. The fraction of sp³-hybridized carbons (Fsp3) is 0.0714. The van der Waals surface area contributed by atoms with Gasteiger partial charge in [0.25, 0.3) is 5.91 Å². The van der Waals surface area contributed by atoms with Crippen LogP contribution in [0.2, 0.25) is 0 Å². The van der Waals surface area contributed by atoms with E-state index in [1.807, 2.05) is 42.5 Å². The molecule has 0 unspecified atom stereocenters. The summed E-state index contributed by atoms with van der Waals surface area (Å²) in [5.41, 5.74) is 8.97. The Kier molecular flexibility index (Phi) is 3.10. The minimum atomic E-state index is -0.130. The van der Waals surface area contributed by atoms with Gasteiger partial charge in [0.15, 0.2) is 0 Å². The van der Waals surface area contributed by atoms with Gasteiger partial charge in [-0.1, -0.05) is 30.3 Å². The lowest BCUT2D eigenvalue weighted by Crippen LogP contribution is -2.17. The molecule has 0 radical (unpaired) electrons. The maximum Gasteiger partial charge on any atom is 0.251 e. The molecule has 17 heavy (non-hydrogen) atoms. The molecule has 0 atom stereocenters. The van der Waals surface area contributed by atoms with Gasteiger partial charge in [-0.2, -0.15) is 0 Å². The third-order valence-electron chi connectivity index (χ3n) is 2.55. The molecule has 1 amide bonds. The second kappa shape index (κ2) is 4.70. The van der Waals surface area contributed by atoms with E-state index >= 15 is 0 Å². The van der Waals surface area contributed by atoms with Gasteiger partial charge in [-0.25, -0.2) is 0 Å². The summed E-state index contributed by atoms with van der Waals surface area (Å²) in [5, 5.41) is 2.59. The van der Waals surface area contributed by atoms with Crippen molar-refractivity contribution in [2.75, 3.05) is 12.8 Å². The van der Waals surface area contributed by atoms with Crippen LogP contribution >= 0.6 is 0 Å². The largest absolute Gasteiger partial charge is 0.399 e. The van der Waals surface area contributed by atoms with Crippen LogP contribution in [0, 0.1) is 0 Å². The molecule has 3 N–H and O–H groups in total. The van der Waals surface area contributed by atoms with Crippen molar-refractivity contribution in [3.63, 3.8) is 0 Å². The second-order valence-electron chi connectivity index (χ2n) is 3.79. The van der Waals surface area contributed by atoms with E-state index in [1.54, 1.807) is 13.1 Å². The number of anilines is 1. The second-order valence-corrected chi connectivity index (χ2v) is 3.79. The number of nitrogens with one attached hydrogen (secondary N) is 1. The summed E-state index contributed by atoms with van der Waals surface area (Å²) in [7, 11) is 1.60. The monoisotopic (exact) mass is 226 g/mol. The summed E-state index contributed by atoms with van der Waals surface area (Å²) in [4.78, 5) is 11.6. The van der Waals surface area contributed by atoms with E-state index < -0.39 is 0 Å². The van der Waals surface area contributed by atoms with Gasteiger partial charge in [0.05, 0.1) is 0 Å². The van der Waals surface area contributed by atoms with Gasteiger partial charge in [0.2, 0.25) is 0 Å². The average molecular weight is 226 g/mol. The summed E-state index contributed by atoms with van der Waals surface area (Å²) in [5.74, 6) is -0.130. The zero-order valence-electron chi connectivity index (χ0n) is 9.60. The standard InChI is InChI=1S/C14H14N2O/c1-16-14(17)12-7-11(8-13(15)9-12)10-5-3-2-4-6-10/h2-9H,15H2,1H3,(H,16,17). The number of benzene rings is 2. The van der Waals surface area contributed by atoms with Crippen LogP contribution in [0.5, 0.6) is 0 Å². The van der Waals surface area contributed by atoms with E-state index in [2.05, 4.69) is 5.32 Å². The highest BCUT2D eigenvalue weighted by atomic mass is 16.1. The first-order valence-corrected chi connectivity index (χ1v) is 5.39. The Bertz CT molecular complexity index is 535. The van der Waals surface area contributed by atoms with Gasteiger partial charge in [0.1, 0.15) is 0 Å². The van der Waals surface area contributed by atoms with Crippen LogP contribution in [0.4, 0.5) is 5.69 Å².